The first-order chi connectivity index (χ1) is 9.64. The first kappa shape index (κ1) is 14.0. The van der Waals surface area contributed by atoms with Crippen molar-refractivity contribution < 1.29 is 5.11 Å². The Morgan fingerprint density at radius 1 is 1.35 bits per heavy atom. The molecule has 1 N–H and O–H groups in total. The molecule has 0 bridgehead atoms. The van der Waals surface area contributed by atoms with Gasteiger partial charge in [-0.2, -0.15) is 4.68 Å². The van der Waals surface area contributed by atoms with Crippen LogP contribution in [0.3, 0.4) is 0 Å². The third-order valence-electron chi connectivity index (χ3n) is 3.47. The Morgan fingerprint density at radius 2 is 2.10 bits per heavy atom. The lowest BCUT2D eigenvalue weighted by Gasteiger charge is -2.22. The van der Waals surface area contributed by atoms with E-state index in [1.165, 1.54) is 4.68 Å². The van der Waals surface area contributed by atoms with Crippen LogP contribution in [0.15, 0.2) is 5.16 Å². The summed E-state index contributed by atoms with van der Waals surface area (Å²) in [7, 11) is 0. The van der Waals surface area contributed by atoms with E-state index in [0.717, 1.165) is 25.0 Å². The molecule has 1 aliphatic rings. The average molecular weight is 314 g/mol. The van der Waals surface area contributed by atoms with Gasteiger partial charge in [-0.3, -0.25) is 0 Å². The number of halogens is 1. The van der Waals surface area contributed by atoms with Crippen LogP contribution in [-0.4, -0.2) is 35.8 Å². The van der Waals surface area contributed by atoms with E-state index in [2.05, 4.69) is 27.2 Å². The van der Waals surface area contributed by atoms with Gasteiger partial charge >= 0.3 is 0 Å². The molecule has 0 amide bonds. The van der Waals surface area contributed by atoms with E-state index in [0.29, 0.717) is 34.3 Å². The van der Waals surface area contributed by atoms with Crippen molar-refractivity contribution in [3.05, 3.63) is 5.15 Å². The summed E-state index contributed by atoms with van der Waals surface area (Å²) in [5, 5.41) is 19.6. The molecular formula is C12H16ClN5OS. The molecule has 2 aromatic heterocycles. The van der Waals surface area contributed by atoms with Crippen LogP contribution in [-0.2, 0) is 5.72 Å². The molecule has 20 heavy (non-hydrogen) atoms. The monoisotopic (exact) mass is 313 g/mol. The maximum absolute atomic E-state index is 10.7. The van der Waals surface area contributed by atoms with Crippen LogP contribution in [0.5, 0.6) is 0 Å². The van der Waals surface area contributed by atoms with Crippen LogP contribution < -0.4 is 0 Å². The van der Waals surface area contributed by atoms with Gasteiger partial charge in [0.05, 0.1) is 0 Å². The van der Waals surface area contributed by atoms with E-state index in [9.17, 15) is 5.11 Å². The summed E-state index contributed by atoms with van der Waals surface area (Å²) in [4.78, 5) is 8.69. The van der Waals surface area contributed by atoms with Crippen molar-refractivity contribution in [1.82, 2.24) is 25.0 Å². The molecule has 0 unspecified atom stereocenters. The second-order valence-corrected chi connectivity index (χ2v) is 6.43. The van der Waals surface area contributed by atoms with Crippen molar-refractivity contribution in [3.8, 4) is 0 Å². The van der Waals surface area contributed by atoms with Crippen LogP contribution in [0.25, 0.3) is 11.2 Å². The van der Waals surface area contributed by atoms with Gasteiger partial charge < -0.3 is 5.11 Å². The Morgan fingerprint density at radius 3 is 2.80 bits per heavy atom. The quantitative estimate of drug-likeness (QED) is 0.531. The van der Waals surface area contributed by atoms with Gasteiger partial charge in [0.1, 0.15) is 0 Å². The highest BCUT2D eigenvalue weighted by atomic mass is 35.5. The molecule has 8 heteroatoms. The van der Waals surface area contributed by atoms with E-state index in [4.69, 9.17) is 11.6 Å². The number of fused-ring (bicyclic) bond motifs is 1. The predicted molar refractivity (Wildman–Crippen MR) is 77.8 cm³/mol. The molecule has 2 heterocycles. The van der Waals surface area contributed by atoms with Gasteiger partial charge in [-0.15, -0.1) is 5.10 Å². The normalized spacial score (nSPS) is 17.9. The van der Waals surface area contributed by atoms with E-state index >= 15 is 0 Å². The molecule has 0 aromatic carbocycles. The minimum absolute atomic E-state index is 0.293. The average Bonchev–Trinajstić information content (AvgIpc) is 3.03. The number of aliphatic hydroxyl groups is 1. The fourth-order valence-electron chi connectivity index (χ4n) is 2.45. The smallest absolute Gasteiger partial charge is 0.191 e. The number of hydrogen-bond donors (Lipinski definition) is 1. The lowest BCUT2D eigenvalue weighted by molar-refractivity contribution is -0.0397. The van der Waals surface area contributed by atoms with Gasteiger partial charge in [-0.05, 0) is 32.1 Å². The summed E-state index contributed by atoms with van der Waals surface area (Å²) < 4.78 is 1.51. The van der Waals surface area contributed by atoms with Crippen molar-refractivity contribution in [3.63, 3.8) is 0 Å². The molecule has 0 radical (unpaired) electrons. The minimum Gasteiger partial charge on any atom is -0.369 e. The minimum atomic E-state index is -0.987. The zero-order valence-corrected chi connectivity index (χ0v) is 12.8. The summed E-state index contributed by atoms with van der Waals surface area (Å²) >= 11 is 7.69. The fraction of sp³-hybridized carbons (Fsp3) is 0.667. The van der Waals surface area contributed by atoms with E-state index in [1.54, 1.807) is 11.8 Å². The molecule has 108 valence electrons. The molecule has 0 atom stereocenters. The molecule has 1 aliphatic carbocycles. The van der Waals surface area contributed by atoms with Crippen molar-refractivity contribution in [1.29, 1.82) is 0 Å². The maximum Gasteiger partial charge on any atom is 0.191 e. The van der Waals surface area contributed by atoms with Gasteiger partial charge in [0.2, 0.25) is 0 Å². The van der Waals surface area contributed by atoms with Gasteiger partial charge in [-0.25, -0.2) is 9.97 Å². The van der Waals surface area contributed by atoms with Crippen LogP contribution in [0, 0.1) is 0 Å². The van der Waals surface area contributed by atoms with Gasteiger partial charge in [0.25, 0.3) is 0 Å². The molecule has 6 nitrogen and oxygen atoms in total. The van der Waals surface area contributed by atoms with Crippen molar-refractivity contribution in [2.24, 2.45) is 0 Å². The van der Waals surface area contributed by atoms with Crippen molar-refractivity contribution >= 4 is 34.5 Å². The molecule has 0 aliphatic heterocycles. The summed E-state index contributed by atoms with van der Waals surface area (Å²) in [6, 6.07) is 0. The third kappa shape index (κ3) is 2.38. The van der Waals surface area contributed by atoms with Gasteiger partial charge in [0.15, 0.2) is 27.2 Å². The maximum atomic E-state index is 10.7. The number of hydrogen-bond acceptors (Lipinski definition) is 6. The number of nitrogens with zero attached hydrogens (tertiary/aromatic N) is 5. The van der Waals surface area contributed by atoms with Crippen LogP contribution >= 0.6 is 23.4 Å². The molecule has 0 saturated heterocycles. The molecular weight excluding hydrogens is 298 g/mol. The first-order valence-corrected chi connectivity index (χ1v) is 8.15. The standard InChI is InChI=1S/C12H16ClN5OS/c1-2-7-20-11-14-9(13)8-10(15-11)18(17-16-8)12(19)5-3-4-6-12/h19H,2-7H2,1H3. The van der Waals surface area contributed by atoms with Crippen molar-refractivity contribution in [2.75, 3.05) is 5.75 Å². The second-order valence-electron chi connectivity index (χ2n) is 5.01. The summed E-state index contributed by atoms with van der Waals surface area (Å²) in [6.07, 6.45) is 4.34. The highest BCUT2D eigenvalue weighted by Crippen LogP contribution is 2.35. The zero-order valence-electron chi connectivity index (χ0n) is 11.2. The third-order valence-corrected chi connectivity index (χ3v) is 4.79. The predicted octanol–water partition coefficient (Wildman–Crippen LogP) is 2.60. The van der Waals surface area contributed by atoms with Gasteiger partial charge in [-0.1, -0.05) is 35.5 Å². The highest BCUT2D eigenvalue weighted by Gasteiger charge is 2.36. The molecule has 2 aromatic rings. The number of rotatable bonds is 4. The van der Waals surface area contributed by atoms with Crippen LogP contribution in [0.1, 0.15) is 39.0 Å². The Kier molecular flexibility index (Phi) is 3.83. The molecule has 3 rings (SSSR count). The Bertz CT molecular complexity index is 626. The Balaban J connectivity index is 2.07. The first-order valence-electron chi connectivity index (χ1n) is 6.78. The lowest BCUT2D eigenvalue weighted by Crippen LogP contribution is -2.31. The van der Waals surface area contributed by atoms with Crippen LogP contribution in [0.4, 0.5) is 0 Å². The second kappa shape index (κ2) is 5.46. The largest absolute Gasteiger partial charge is 0.369 e. The number of thioether (sulfide) groups is 1. The molecule has 1 fully saturated rings. The highest BCUT2D eigenvalue weighted by molar-refractivity contribution is 7.99. The van der Waals surface area contributed by atoms with Crippen LogP contribution in [0.2, 0.25) is 5.15 Å². The van der Waals surface area contributed by atoms with Gasteiger partial charge in [0, 0.05) is 5.75 Å². The SMILES string of the molecule is CCCSc1nc(Cl)c2nnn(C3(O)CCCC3)c2n1. The molecule has 0 spiro atoms. The summed E-state index contributed by atoms with van der Waals surface area (Å²) in [6.45, 7) is 2.10. The van der Waals surface area contributed by atoms with E-state index in [-0.39, 0.29) is 0 Å². The van der Waals surface area contributed by atoms with E-state index < -0.39 is 5.72 Å². The summed E-state index contributed by atoms with van der Waals surface area (Å²) in [5.74, 6) is 0.924. The zero-order chi connectivity index (χ0) is 14.2. The lowest BCUT2D eigenvalue weighted by atomic mass is 10.2. The number of aromatic nitrogens is 5. The van der Waals surface area contributed by atoms with Crippen molar-refractivity contribution in [2.45, 2.75) is 49.9 Å². The fourth-order valence-corrected chi connectivity index (χ4v) is 3.40. The topological polar surface area (TPSA) is 76.7 Å². The molecule has 1 saturated carbocycles. The Hall–Kier alpha value is -0.920. The van der Waals surface area contributed by atoms with E-state index in [1.807, 2.05) is 0 Å². The summed E-state index contributed by atoms with van der Waals surface area (Å²) in [5.41, 5.74) is -0.0140. The Labute approximate surface area is 125 Å².